The second kappa shape index (κ2) is 15.3. The Morgan fingerprint density at radius 3 is 2.25 bits per heavy atom. The van der Waals surface area contributed by atoms with Gasteiger partial charge in [-0.15, -0.1) is 23.1 Å². The summed E-state index contributed by atoms with van der Waals surface area (Å²) in [6, 6.07) is 22.0. The summed E-state index contributed by atoms with van der Waals surface area (Å²) >= 11 is 2.85. The van der Waals surface area contributed by atoms with Gasteiger partial charge in [-0.25, -0.2) is 4.79 Å². The first-order valence-electron chi connectivity index (χ1n) is 16.0. The van der Waals surface area contributed by atoms with Gasteiger partial charge >= 0.3 is 5.97 Å². The molecule has 0 radical (unpaired) electrons. The number of thioether (sulfide) groups is 1. The first-order chi connectivity index (χ1) is 23.0. The zero-order valence-corrected chi connectivity index (χ0v) is 29.8. The minimum atomic E-state index is -0.650. The normalized spacial score (nSPS) is 14.8. The third-order valence-corrected chi connectivity index (χ3v) is 11.0. The molecule has 1 aliphatic carbocycles. The van der Waals surface area contributed by atoms with E-state index in [1.807, 2.05) is 48.5 Å². The van der Waals surface area contributed by atoms with Gasteiger partial charge < -0.3 is 24.8 Å². The lowest BCUT2D eigenvalue weighted by Crippen LogP contribution is -2.26. The lowest BCUT2D eigenvalue weighted by molar-refractivity contribution is -0.115. The van der Waals surface area contributed by atoms with E-state index >= 15 is 0 Å². The topological polar surface area (TPSA) is 103 Å². The number of benzene rings is 3. The number of methoxy groups -OCH3 is 2. The van der Waals surface area contributed by atoms with Crippen LogP contribution in [-0.2, 0) is 22.4 Å². The summed E-state index contributed by atoms with van der Waals surface area (Å²) < 4.78 is 16.3. The molecule has 0 saturated carbocycles. The summed E-state index contributed by atoms with van der Waals surface area (Å²) in [5.41, 5.74) is 3.25. The molecule has 8 nitrogen and oxygen atoms in total. The number of esters is 1. The maximum atomic E-state index is 14.2. The van der Waals surface area contributed by atoms with Crippen molar-refractivity contribution in [3.8, 4) is 11.5 Å². The maximum absolute atomic E-state index is 14.2. The van der Waals surface area contributed by atoms with Crippen molar-refractivity contribution in [1.82, 2.24) is 0 Å². The molecule has 2 amide bonds. The van der Waals surface area contributed by atoms with Crippen LogP contribution in [0.3, 0.4) is 0 Å². The first-order valence-corrected chi connectivity index (χ1v) is 17.7. The second-order valence-corrected chi connectivity index (χ2v) is 14.9. The summed E-state index contributed by atoms with van der Waals surface area (Å²) in [4.78, 5) is 42.7. The number of rotatable bonds is 11. The monoisotopic (exact) mass is 686 g/mol. The zero-order valence-electron chi connectivity index (χ0n) is 28.2. The number of amides is 2. The summed E-state index contributed by atoms with van der Waals surface area (Å²) in [7, 11) is 3.00. The Morgan fingerprint density at radius 2 is 1.60 bits per heavy atom. The molecule has 48 heavy (non-hydrogen) atoms. The van der Waals surface area contributed by atoms with E-state index < -0.39 is 11.2 Å². The molecule has 4 aromatic rings. The summed E-state index contributed by atoms with van der Waals surface area (Å²) in [6.45, 7) is 8.80. The van der Waals surface area contributed by atoms with Crippen molar-refractivity contribution in [2.24, 2.45) is 11.3 Å². The fourth-order valence-electron chi connectivity index (χ4n) is 5.96. The van der Waals surface area contributed by atoms with E-state index in [-0.39, 0.29) is 29.4 Å². The predicted molar refractivity (Wildman–Crippen MR) is 193 cm³/mol. The molecule has 10 heteroatoms. The SMILES string of the molecule is CCOC(=O)c1c(NC(=O)C(Sc2cccc(NC(=O)c3c(OC)cccc3OC)c2)c2ccccc2)sc2c1CCC(C(C)(C)C)C2. The third-order valence-electron chi connectivity index (χ3n) is 8.55. The molecule has 0 aliphatic heterocycles. The van der Waals surface area contributed by atoms with Crippen LogP contribution in [0, 0.1) is 11.3 Å². The number of ether oxygens (including phenoxy) is 3. The molecule has 3 aromatic carbocycles. The van der Waals surface area contributed by atoms with Crippen LogP contribution in [0.2, 0.25) is 0 Å². The van der Waals surface area contributed by atoms with Gasteiger partial charge in [0.2, 0.25) is 5.91 Å². The van der Waals surface area contributed by atoms with Crippen molar-refractivity contribution in [3.05, 3.63) is 99.9 Å². The molecule has 0 spiro atoms. The fourth-order valence-corrected chi connectivity index (χ4v) is 8.36. The Morgan fingerprint density at radius 1 is 0.917 bits per heavy atom. The Labute approximate surface area is 290 Å². The minimum absolute atomic E-state index is 0.136. The van der Waals surface area contributed by atoms with E-state index in [0.29, 0.717) is 33.7 Å². The van der Waals surface area contributed by atoms with E-state index in [1.165, 1.54) is 37.3 Å². The zero-order chi connectivity index (χ0) is 34.4. The van der Waals surface area contributed by atoms with Gasteiger partial charge in [0.1, 0.15) is 27.3 Å². The highest BCUT2D eigenvalue weighted by atomic mass is 32.2. The van der Waals surface area contributed by atoms with Gasteiger partial charge in [-0.05, 0) is 79.0 Å². The highest BCUT2D eigenvalue weighted by Gasteiger charge is 2.35. The van der Waals surface area contributed by atoms with E-state index in [9.17, 15) is 14.4 Å². The number of fused-ring (bicyclic) bond motifs is 1. The lowest BCUT2D eigenvalue weighted by atomic mass is 9.72. The molecule has 5 rings (SSSR count). The lowest BCUT2D eigenvalue weighted by Gasteiger charge is -2.33. The quantitative estimate of drug-likeness (QED) is 0.120. The average Bonchev–Trinajstić information content (AvgIpc) is 3.44. The van der Waals surface area contributed by atoms with Crippen LogP contribution in [0.1, 0.15) is 76.1 Å². The van der Waals surface area contributed by atoms with Gasteiger partial charge in [-0.3, -0.25) is 9.59 Å². The Bertz CT molecular complexity index is 1760. The molecule has 252 valence electrons. The number of anilines is 2. The molecule has 1 aliphatic rings. The van der Waals surface area contributed by atoms with Crippen LogP contribution in [0.4, 0.5) is 10.7 Å². The van der Waals surface area contributed by atoms with Crippen LogP contribution in [0.15, 0.2) is 77.7 Å². The highest BCUT2D eigenvalue weighted by Crippen LogP contribution is 2.45. The molecule has 0 bridgehead atoms. The van der Waals surface area contributed by atoms with Crippen molar-refractivity contribution in [2.45, 2.75) is 57.1 Å². The second-order valence-electron chi connectivity index (χ2n) is 12.7. The van der Waals surface area contributed by atoms with Gasteiger partial charge in [-0.1, -0.05) is 63.2 Å². The number of thiophene rings is 1. The average molecular weight is 687 g/mol. The van der Waals surface area contributed by atoms with Gasteiger partial charge in [0, 0.05) is 15.5 Å². The Balaban J connectivity index is 1.43. The third kappa shape index (κ3) is 7.88. The number of hydrogen-bond acceptors (Lipinski definition) is 8. The van der Waals surface area contributed by atoms with Crippen molar-refractivity contribution < 1.29 is 28.6 Å². The fraction of sp³-hybridized carbons (Fsp3) is 0.342. The smallest absolute Gasteiger partial charge is 0.341 e. The van der Waals surface area contributed by atoms with Crippen molar-refractivity contribution in [1.29, 1.82) is 0 Å². The number of hydrogen-bond donors (Lipinski definition) is 2. The van der Waals surface area contributed by atoms with Crippen LogP contribution in [0.25, 0.3) is 0 Å². The molecule has 1 aromatic heterocycles. The highest BCUT2D eigenvalue weighted by molar-refractivity contribution is 8.00. The van der Waals surface area contributed by atoms with Crippen LogP contribution >= 0.6 is 23.1 Å². The van der Waals surface area contributed by atoms with Crippen LogP contribution < -0.4 is 20.1 Å². The molecular weight excluding hydrogens is 645 g/mol. The summed E-state index contributed by atoms with van der Waals surface area (Å²) in [6.07, 6.45) is 2.61. The predicted octanol–water partition coefficient (Wildman–Crippen LogP) is 8.82. The molecule has 0 fully saturated rings. The van der Waals surface area contributed by atoms with Crippen LogP contribution in [-0.4, -0.2) is 38.6 Å². The van der Waals surface area contributed by atoms with Crippen molar-refractivity contribution in [2.75, 3.05) is 31.5 Å². The van der Waals surface area contributed by atoms with Gasteiger partial charge in [-0.2, -0.15) is 0 Å². The summed E-state index contributed by atoms with van der Waals surface area (Å²) in [5, 5.41) is 5.96. The van der Waals surface area contributed by atoms with Crippen molar-refractivity contribution >= 4 is 51.6 Å². The molecule has 2 atom stereocenters. The Hall–Kier alpha value is -4.28. The molecular formula is C38H42N2O6S2. The maximum Gasteiger partial charge on any atom is 0.341 e. The molecule has 1 heterocycles. The molecule has 0 saturated heterocycles. The number of carbonyl (C=O) groups is 3. The van der Waals surface area contributed by atoms with E-state index in [4.69, 9.17) is 14.2 Å². The largest absolute Gasteiger partial charge is 0.496 e. The number of nitrogens with one attached hydrogen (secondary N) is 2. The van der Waals surface area contributed by atoms with Gasteiger partial charge in [0.25, 0.3) is 5.91 Å². The van der Waals surface area contributed by atoms with Crippen molar-refractivity contribution in [3.63, 3.8) is 0 Å². The Kier molecular flexibility index (Phi) is 11.2. The van der Waals surface area contributed by atoms with E-state index in [0.717, 1.165) is 40.2 Å². The van der Waals surface area contributed by atoms with E-state index in [1.54, 1.807) is 31.2 Å². The minimum Gasteiger partial charge on any atom is -0.496 e. The standard InChI is InChI=1S/C38H42N2O6S2/c1-7-46-37(43)31-27-20-19-24(38(2,3)4)21-30(27)48-36(31)40-35(42)33(23-13-9-8-10-14-23)47-26-16-11-15-25(22-26)39-34(41)32-28(44-5)17-12-18-29(32)45-6/h8-18,22,24,33H,7,19-21H2,1-6H3,(H,39,41)(H,40,42). The van der Waals surface area contributed by atoms with E-state index in [2.05, 4.69) is 31.4 Å². The summed E-state index contributed by atoms with van der Waals surface area (Å²) in [5.74, 6) is 0.223. The first kappa shape index (κ1) is 35.0. The van der Waals surface area contributed by atoms with Crippen LogP contribution in [0.5, 0.6) is 11.5 Å². The van der Waals surface area contributed by atoms with Gasteiger partial charge in [0.05, 0.1) is 26.4 Å². The molecule has 2 N–H and O–H groups in total. The molecule has 2 unspecified atom stereocenters. The van der Waals surface area contributed by atoms with Gasteiger partial charge in [0.15, 0.2) is 0 Å². The number of carbonyl (C=O) groups excluding carboxylic acids is 3.